The molecule has 0 aliphatic heterocycles. The Morgan fingerprint density at radius 1 is 1.24 bits per heavy atom. The molecule has 4 nitrogen and oxygen atoms in total. The number of halogens is 1. The van der Waals surface area contributed by atoms with Gasteiger partial charge in [0.1, 0.15) is 5.75 Å². The van der Waals surface area contributed by atoms with Crippen LogP contribution in [0.15, 0.2) is 42.5 Å². The third kappa shape index (κ3) is 3.97. The lowest BCUT2D eigenvalue weighted by atomic mass is 10.1. The van der Waals surface area contributed by atoms with Crippen molar-refractivity contribution in [3.8, 4) is 5.75 Å². The van der Waals surface area contributed by atoms with Crippen molar-refractivity contribution in [2.75, 3.05) is 11.9 Å². The summed E-state index contributed by atoms with van der Waals surface area (Å²) in [5, 5.41) is 3.20. The first kappa shape index (κ1) is 15.4. The van der Waals surface area contributed by atoms with Gasteiger partial charge in [0.25, 0.3) is 5.91 Å². The average molecular weight is 305 g/mol. The smallest absolute Gasteiger partial charge is 0.262 e. The third-order valence-corrected chi connectivity index (χ3v) is 3.34. The van der Waals surface area contributed by atoms with Crippen molar-refractivity contribution < 1.29 is 9.53 Å². The molecule has 0 aliphatic carbocycles. The lowest BCUT2D eigenvalue weighted by Crippen LogP contribution is -2.21. The molecule has 0 spiro atoms. The molecular weight excluding hydrogens is 288 g/mol. The summed E-state index contributed by atoms with van der Waals surface area (Å²) in [6.45, 7) is 2.19. The Morgan fingerprint density at radius 3 is 2.71 bits per heavy atom. The fraction of sp³-hybridized carbons (Fsp3) is 0.188. The largest absolute Gasteiger partial charge is 0.483 e. The maximum atomic E-state index is 11.9. The number of aryl methyl sites for hydroxylation is 1. The molecule has 1 amide bonds. The molecule has 0 bridgehead atoms. The van der Waals surface area contributed by atoms with Crippen molar-refractivity contribution in [2.45, 2.75) is 13.5 Å². The predicted octanol–water partition coefficient (Wildman–Crippen LogP) is 3.12. The number of para-hydroxylation sites is 2. The minimum Gasteiger partial charge on any atom is -0.483 e. The molecule has 0 unspecified atom stereocenters. The quantitative estimate of drug-likeness (QED) is 0.892. The van der Waals surface area contributed by atoms with Crippen LogP contribution < -0.4 is 15.8 Å². The van der Waals surface area contributed by atoms with Crippen LogP contribution in [0.25, 0.3) is 0 Å². The molecule has 3 N–H and O–H groups in total. The van der Waals surface area contributed by atoms with Gasteiger partial charge in [-0.1, -0.05) is 41.9 Å². The van der Waals surface area contributed by atoms with Crippen LogP contribution in [0.4, 0.5) is 5.69 Å². The zero-order chi connectivity index (χ0) is 15.2. The van der Waals surface area contributed by atoms with E-state index in [1.165, 1.54) is 0 Å². The van der Waals surface area contributed by atoms with Crippen LogP contribution in [0.1, 0.15) is 11.1 Å². The second-order valence-corrected chi connectivity index (χ2v) is 4.99. The summed E-state index contributed by atoms with van der Waals surface area (Å²) in [5.41, 5.74) is 8.06. The van der Waals surface area contributed by atoms with Gasteiger partial charge in [-0.3, -0.25) is 4.79 Å². The number of amides is 1. The number of hydrogen-bond donors (Lipinski definition) is 2. The Balaban J connectivity index is 2.01. The van der Waals surface area contributed by atoms with Gasteiger partial charge in [-0.05, 0) is 24.6 Å². The fourth-order valence-electron chi connectivity index (χ4n) is 1.97. The highest BCUT2D eigenvalue weighted by Crippen LogP contribution is 2.23. The lowest BCUT2D eigenvalue weighted by Gasteiger charge is -2.13. The molecule has 0 saturated carbocycles. The fourth-order valence-corrected chi connectivity index (χ4v) is 2.15. The zero-order valence-electron chi connectivity index (χ0n) is 11.7. The molecule has 2 rings (SSSR count). The van der Waals surface area contributed by atoms with Gasteiger partial charge in [-0.2, -0.15) is 0 Å². The van der Waals surface area contributed by atoms with E-state index < -0.39 is 0 Å². The van der Waals surface area contributed by atoms with Gasteiger partial charge in [0.2, 0.25) is 0 Å². The molecule has 2 aromatic rings. The van der Waals surface area contributed by atoms with Crippen LogP contribution >= 0.6 is 11.6 Å². The summed E-state index contributed by atoms with van der Waals surface area (Å²) in [6, 6.07) is 12.8. The Bertz CT molecular complexity index is 644. The van der Waals surface area contributed by atoms with Crippen LogP contribution in [0.3, 0.4) is 0 Å². The topological polar surface area (TPSA) is 64.3 Å². The van der Waals surface area contributed by atoms with Gasteiger partial charge in [0.15, 0.2) is 6.61 Å². The number of carbonyl (C=O) groups is 1. The van der Waals surface area contributed by atoms with Gasteiger partial charge in [-0.15, -0.1) is 0 Å². The van der Waals surface area contributed by atoms with E-state index in [-0.39, 0.29) is 12.5 Å². The molecular formula is C16H17ClN2O2. The predicted molar refractivity (Wildman–Crippen MR) is 84.6 cm³/mol. The summed E-state index contributed by atoms with van der Waals surface area (Å²) >= 11 is 5.99. The monoisotopic (exact) mass is 304 g/mol. The number of carbonyl (C=O) groups excluding carboxylic acids is 1. The van der Waals surface area contributed by atoms with Crippen LogP contribution in [0.5, 0.6) is 5.75 Å². The Kier molecular flexibility index (Phi) is 5.20. The first-order valence-electron chi connectivity index (χ1n) is 6.57. The molecule has 5 heteroatoms. The lowest BCUT2D eigenvalue weighted by molar-refractivity contribution is -0.118. The first-order chi connectivity index (χ1) is 10.1. The van der Waals surface area contributed by atoms with E-state index in [1.807, 2.05) is 25.1 Å². The molecule has 0 aromatic heterocycles. The van der Waals surface area contributed by atoms with E-state index in [2.05, 4.69) is 5.32 Å². The molecule has 0 saturated heterocycles. The first-order valence-corrected chi connectivity index (χ1v) is 6.95. The van der Waals surface area contributed by atoms with Crippen LogP contribution in [0, 0.1) is 6.92 Å². The van der Waals surface area contributed by atoms with Crippen molar-refractivity contribution in [3.05, 3.63) is 58.6 Å². The molecule has 0 heterocycles. The minimum atomic E-state index is -0.269. The maximum absolute atomic E-state index is 11.9. The summed E-state index contributed by atoms with van der Waals surface area (Å²) in [7, 11) is 0. The average Bonchev–Trinajstić information content (AvgIpc) is 2.48. The van der Waals surface area contributed by atoms with Crippen molar-refractivity contribution in [3.63, 3.8) is 0 Å². The highest BCUT2D eigenvalue weighted by atomic mass is 35.5. The summed E-state index contributed by atoms with van der Waals surface area (Å²) in [5.74, 6) is 0.392. The molecule has 0 aliphatic rings. The van der Waals surface area contributed by atoms with Crippen LogP contribution in [-0.2, 0) is 11.3 Å². The van der Waals surface area contributed by atoms with Gasteiger partial charge < -0.3 is 15.8 Å². The van der Waals surface area contributed by atoms with Crippen molar-refractivity contribution >= 4 is 23.2 Å². The second-order valence-electron chi connectivity index (χ2n) is 4.58. The second kappa shape index (κ2) is 7.11. The third-order valence-electron chi connectivity index (χ3n) is 3.01. The minimum absolute atomic E-state index is 0.0942. The number of anilines is 1. The standard InChI is InChI=1S/C16H17ClN2O2/c1-11-5-4-6-12(9-18)16(11)21-10-15(20)19-14-8-3-2-7-13(14)17/h2-8H,9-10,18H2,1H3,(H,19,20). The molecule has 2 aromatic carbocycles. The normalized spacial score (nSPS) is 10.2. The number of benzene rings is 2. The Morgan fingerprint density at radius 2 is 2.00 bits per heavy atom. The van der Waals surface area contributed by atoms with E-state index in [1.54, 1.807) is 24.3 Å². The van der Waals surface area contributed by atoms with Gasteiger partial charge in [0.05, 0.1) is 10.7 Å². The van der Waals surface area contributed by atoms with E-state index in [0.717, 1.165) is 11.1 Å². The SMILES string of the molecule is Cc1cccc(CN)c1OCC(=O)Nc1ccccc1Cl. The van der Waals surface area contributed by atoms with Crippen molar-refractivity contribution in [1.82, 2.24) is 0 Å². The van der Waals surface area contributed by atoms with E-state index in [9.17, 15) is 4.79 Å². The molecule has 110 valence electrons. The number of rotatable bonds is 5. The maximum Gasteiger partial charge on any atom is 0.262 e. The number of ether oxygens (including phenoxy) is 1. The van der Waals surface area contributed by atoms with Crippen LogP contribution in [-0.4, -0.2) is 12.5 Å². The van der Waals surface area contributed by atoms with Crippen molar-refractivity contribution in [1.29, 1.82) is 0 Å². The molecule has 21 heavy (non-hydrogen) atoms. The van der Waals surface area contributed by atoms with Gasteiger partial charge in [-0.25, -0.2) is 0 Å². The highest BCUT2D eigenvalue weighted by molar-refractivity contribution is 6.33. The van der Waals surface area contributed by atoms with Gasteiger partial charge in [0, 0.05) is 12.1 Å². The summed E-state index contributed by atoms with van der Waals surface area (Å²) in [4.78, 5) is 11.9. The van der Waals surface area contributed by atoms with E-state index in [4.69, 9.17) is 22.1 Å². The highest BCUT2D eigenvalue weighted by Gasteiger charge is 2.10. The number of nitrogens with two attached hydrogens (primary N) is 1. The van der Waals surface area contributed by atoms with E-state index >= 15 is 0 Å². The Hall–Kier alpha value is -2.04. The van der Waals surface area contributed by atoms with Gasteiger partial charge >= 0.3 is 0 Å². The molecule has 0 atom stereocenters. The summed E-state index contributed by atoms with van der Waals surface area (Å²) in [6.07, 6.45) is 0. The number of hydrogen-bond acceptors (Lipinski definition) is 3. The number of nitrogens with one attached hydrogen (secondary N) is 1. The van der Waals surface area contributed by atoms with Crippen LogP contribution in [0.2, 0.25) is 5.02 Å². The Labute approximate surface area is 128 Å². The van der Waals surface area contributed by atoms with E-state index in [0.29, 0.717) is 23.0 Å². The zero-order valence-corrected chi connectivity index (χ0v) is 12.5. The molecule has 0 fully saturated rings. The van der Waals surface area contributed by atoms with Crippen molar-refractivity contribution in [2.24, 2.45) is 5.73 Å². The summed E-state index contributed by atoms with van der Waals surface area (Å²) < 4.78 is 5.60. The molecule has 0 radical (unpaired) electrons.